The van der Waals surface area contributed by atoms with E-state index in [9.17, 15) is 9.59 Å². The number of hydrogen-bond donors (Lipinski definition) is 3. The number of aliphatic hydroxyl groups is 1. The van der Waals surface area contributed by atoms with Gasteiger partial charge in [0, 0.05) is 5.56 Å². The molecule has 90 valence electrons. The normalized spacial score (nSPS) is 11.0. The Morgan fingerprint density at radius 3 is 2.56 bits per heavy atom. The lowest BCUT2D eigenvalue weighted by Crippen LogP contribution is -2.29. The maximum atomic E-state index is 11.6. The Hall–Kier alpha value is -1.40. The number of aromatic nitrogens is 2. The van der Waals surface area contributed by atoms with Gasteiger partial charge in [-0.2, -0.15) is 0 Å². The predicted octanol–water partition coefficient (Wildman–Crippen LogP) is -0.305. The standard InChI is InChI=1S/C10H16N2O4/c1-6(2)8-7(5-16-4-3-13)11-10(15)12-9(8)14/h6,13H,3-5H2,1-2H3,(H2,11,12,14,15). The van der Waals surface area contributed by atoms with E-state index in [2.05, 4.69) is 9.97 Å². The molecule has 1 aromatic rings. The molecule has 0 radical (unpaired) electrons. The number of aliphatic hydroxyl groups excluding tert-OH is 1. The van der Waals surface area contributed by atoms with E-state index in [0.29, 0.717) is 11.3 Å². The molecule has 6 nitrogen and oxygen atoms in total. The SMILES string of the molecule is CC(C)c1c(COCCO)[nH]c(=O)[nH]c1=O. The average molecular weight is 228 g/mol. The summed E-state index contributed by atoms with van der Waals surface area (Å²) in [7, 11) is 0. The van der Waals surface area contributed by atoms with Crippen LogP contribution in [0.4, 0.5) is 0 Å². The average Bonchev–Trinajstić information content (AvgIpc) is 2.16. The van der Waals surface area contributed by atoms with Crippen molar-refractivity contribution in [1.29, 1.82) is 0 Å². The largest absolute Gasteiger partial charge is 0.394 e. The molecule has 3 N–H and O–H groups in total. The first kappa shape index (κ1) is 12.7. The van der Waals surface area contributed by atoms with Crippen molar-refractivity contribution in [1.82, 2.24) is 9.97 Å². The van der Waals surface area contributed by atoms with Gasteiger partial charge in [0.1, 0.15) is 0 Å². The van der Waals surface area contributed by atoms with E-state index < -0.39 is 5.69 Å². The van der Waals surface area contributed by atoms with E-state index in [0.717, 1.165) is 0 Å². The molecule has 0 aromatic carbocycles. The van der Waals surface area contributed by atoms with Crippen LogP contribution in [0.3, 0.4) is 0 Å². The van der Waals surface area contributed by atoms with Gasteiger partial charge in [-0.05, 0) is 5.92 Å². The van der Waals surface area contributed by atoms with Crippen LogP contribution in [0.2, 0.25) is 0 Å². The van der Waals surface area contributed by atoms with Crippen molar-refractivity contribution >= 4 is 0 Å². The lowest BCUT2D eigenvalue weighted by Gasteiger charge is -2.10. The minimum Gasteiger partial charge on any atom is -0.394 e. The summed E-state index contributed by atoms with van der Waals surface area (Å²) in [5.41, 5.74) is 0.0492. The minimum absolute atomic E-state index is 0.00618. The van der Waals surface area contributed by atoms with Crippen LogP contribution in [-0.2, 0) is 11.3 Å². The van der Waals surface area contributed by atoms with Gasteiger partial charge in [0.05, 0.1) is 25.5 Å². The van der Waals surface area contributed by atoms with Crippen LogP contribution < -0.4 is 11.2 Å². The zero-order chi connectivity index (χ0) is 12.1. The van der Waals surface area contributed by atoms with Crippen LogP contribution in [0.1, 0.15) is 31.0 Å². The van der Waals surface area contributed by atoms with Gasteiger partial charge < -0.3 is 14.8 Å². The molecule has 1 rings (SSSR count). The summed E-state index contributed by atoms with van der Waals surface area (Å²) in [6.45, 7) is 3.92. The molecule has 6 heteroatoms. The van der Waals surface area contributed by atoms with Gasteiger partial charge in [-0.25, -0.2) is 4.79 Å². The summed E-state index contributed by atoms with van der Waals surface area (Å²) in [5.74, 6) is -0.00618. The van der Waals surface area contributed by atoms with Crippen molar-refractivity contribution < 1.29 is 9.84 Å². The molecule has 0 fully saturated rings. The van der Waals surface area contributed by atoms with Crippen LogP contribution >= 0.6 is 0 Å². The van der Waals surface area contributed by atoms with Gasteiger partial charge in [0.15, 0.2) is 0 Å². The highest BCUT2D eigenvalue weighted by Gasteiger charge is 2.12. The molecule has 0 saturated carbocycles. The summed E-state index contributed by atoms with van der Waals surface area (Å²) >= 11 is 0. The first-order chi connectivity index (χ1) is 7.56. The molecule has 1 heterocycles. The Balaban J connectivity index is 3.05. The van der Waals surface area contributed by atoms with Crippen molar-refractivity contribution in [3.63, 3.8) is 0 Å². The van der Waals surface area contributed by atoms with Gasteiger partial charge in [-0.1, -0.05) is 13.8 Å². The third-order valence-corrected chi connectivity index (χ3v) is 2.12. The van der Waals surface area contributed by atoms with Crippen molar-refractivity contribution in [2.24, 2.45) is 0 Å². The van der Waals surface area contributed by atoms with E-state index in [-0.39, 0.29) is 31.3 Å². The van der Waals surface area contributed by atoms with Crippen molar-refractivity contribution in [2.75, 3.05) is 13.2 Å². The molecule has 0 atom stereocenters. The molecule has 0 unspecified atom stereocenters. The number of H-pyrrole nitrogens is 2. The highest BCUT2D eigenvalue weighted by Crippen LogP contribution is 2.12. The van der Waals surface area contributed by atoms with E-state index in [1.165, 1.54) is 0 Å². The van der Waals surface area contributed by atoms with Crippen LogP contribution in [0.15, 0.2) is 9.59 Å². The van der Waals surface area contributed by atoms with E-state index in [1.807, 2.05) is 13.8 Å². The predicted molar refractivity (Wildman–Crippen MR) is 58.5 cm³/mol. The Morgan fingerprint density at radius 2 is 2.00 bits per heavy atom. The molecule has 0 amide bonds. The van der Waals surface area contributed by atoms with E-state index in [1.54, 1.807) is 0 Å². The molecule has 16 heavy (non-hydrogen) atoms. The maximum Gasteiger partial charge on any atom is 0.325 e. The second kappa shape index (κ2) is 5.62. The third-order valence-electron chi connectivity index (χ3n) is 2.12. The topological polar surface area (TPSA) is 95.2 Å². The zero-order valence-electron chi connectivity index (χ0n) is 9.37. The smallest absolute Gasteiger partial charge is 0.325 e. The van der Waals surface area contributed by atoms with Gasteiger partial charge >= 0.3 is 5.69 Å². The minimum atomic E-state index is -0.544. The second-order valence-corrected chi connectivity index (χ2v) is 3.73. The second-order valence-electron chi connectivity index (χ2n) is 3.73. The summed E-state index contributed by atoms with van der Waals surface area (Å²) in [6.07, 6.45) is 0. The number of ether oxygens (including phenoxy) is 1. The fourth-order valence-electron chi connectivity index (χ4n) is 1.51. The molecule has 0 bridgehead atoms. The van der Waals surface area contributed by atoms with E-state index >= 15 is 0 Å². The van der Waals surface area contributed by atoms with Crippen LogP contribution in [0.25, 0.3) is 0 Å². The molecule has 0 spiro atoms. The molecule has 0 aliphatic heterocycles. The molecular weight excluding hydrogens is 212 g/mol. The van der Waals surface area contributed by atoms with Gasteiger partial charge in [-0.15, -0.1) is 0 Å². The Labute approximate surface area is 92.3 Å². The summed E-state index contributed by atoms with van der Waals surface area (Å²) < 4.78 is 5.10. The van der Waals surface area contributed by atoms with Crippen molar-refractivity contribution in [2.45, 2.75) is 26.4 Å². The summed E-state index contributed by atoms with van der Waals surface area (Å²) in [4.78, 5) is 27.4. The first-order valence-electron chi connectivity index (χ1n) is 5.10. The van der Waals surface area contributed by atoms with Gasteiger partial charge in [-0.3, -0.25) is 9.78 Å². The Morgan fingerprint density at radius 1 is 1.31 bits per heavy atom. The van der Waals surface area contributed by atoms with Crippen LogP contribution in [0, 0.1) is 0 Å². The highest BCUT2D eigenvalue weighted by molar-refractivity contribution is 5.19. The molecule has 1 aromatic heterocycles. The zero-order valence-corrected chi connectivity index (χ0v) is 9.37. The number of hydrogen-bond acceptors (Lipinski definition) is 4. The number of rotatable bonds is 5. The van der Waals surface area contributed by atoms with Crippen molar-refractivity contribution in [3.8, 4) is 0 Å². The lowest BCUT2D eigenvalue weighted by atomic mass is 10.0. The molecule has 0 aliphatic rings. The monoisotopic (exact) mass is 228 g/mol. The summed E-state index contributed by atoms with van der Waals surface area (Å²) in [5, 5.41) is 8.57. The first-order valence-corrected chi connectivity index (χ1v) is 5.10. The number of aromatic amines is 2. The fraction of sp³-hybridized carbons (Fsp3) is 0.600. The molecule has 0 aliphatic carbocycles. The fourth-order valence-corrected chi connectivity index (χ4v) is 1.51. The highest BCUT2D eigenvalue weighted by atomic mass is 16.5. The Bertz CT molecular complexity index is 447. The Kier molecular flexibility index (Phi) is 4.45. The molecular formula is C10H16N2O4. The van der Waals surface area contributed by atoms with Gasteiger partial charge in [0.25, 0.3) is 5.56 Å². The van der Waals surface area contributed by atoms with Crippen molar-refractivity contribution in [3.05, 3.63) is 32.1 Å². The molecule has 0 saturated heterocycles. The number of nitrogens with one attached hydrogen (secondary N) is 2. The third kappa shape index (κ3) is 3.04. The van der Waals surface area contributed by atoms with Crippen LogP contribution in [0.5, 0.6) is 0 Å². The van der Waals surface area contributed by atoms with Crippen LogP contribution in [-0.4, -0.2) is 28.3 Å². The lowest BCUT2D eigenvalue weighted by molar-refractivity contribution is 0.0789. The quantitative estimate of drug-likeness (QED) is 0.603. The summed E-state index contributed by atoms with van der Waals surface area (Å²) in [6, 6.07) is 0. The van der Waals surface area contributed by atoms with E-state index in [4.69, 9.17) is 9.84 Å². The van der Waals surface area contributed by atoms with Gasteiger partial charge in [0.2, 0.25) is 0 Å². The maximum absolute atomic E-state index is 11.6.